The van der Waals surface area contributed by atoms with Crippen molar-refractivity contribution in [1.29, 1.82) is 0 Å². The summed E-state index contributed by atoms with van der Waals surface area (Å²) in [6, 6.07) is 8.94. The number of fused-ring (bicyclic) bond motifs is 1. The minimum absolute atomic E-state index is 0.0398. The number of hydrogen-bond acceptors (Lipinski definition) is 7. The second-order valence-corrected chi connectivity index (χ2v) is 6.38. The fourth-order valence-corrected chi connectivity index (χ4v) is 2.80. The third-order valence-electron chi connectivity index (χ3n) is 4.21. The van der Waals surface area contributed by atoms with E-state index in [0.29, 0.717) is 5.75 Å². The van der Waals surface area contributed by atoms with Crippen molar-refractivity contribution in [2.45, 2.75) is 19.1 Å². The summed E-state index contributed by atoms with van der Waals surface area (Å²) < 4.78 is 8.11. The summed E-state index contributed by atoms with van der Waals surface area (Å²) in [6.45, 7) is -0.0386. The van der Waals surface area contributed by atoms with Crippen molar-refractivity contribution in [3.63, 3.8) is 0 Å². The van der Waals surface area contributed by atoms with Crippen LogP contribution in [0.1, 0.15) is 6.42 Å². The van der Waals surface area contributed by atoms with Gasteiger partial charge in [-0.15, -0.1) is 0 Å². The molecule has 11 nitrogen and oxygen atoms in total. The molecule has 0 spiro atoms. The van der Waals surface area contributed by atoms with Crippen LogP contribution in [0.25, 0.3) is 11.2 Å². The summed E-state index contributed by atoms with van der Waals surface area (Å²) in [7, 11) is 1.45. The fourth-order valence-electron chi connectivity index (χ4n) is 2.80. The normalized spacial score (nSPS) is 12.1. The molecule has 3 rings (SSSR count). The largest absolute Gasteiger partial charge is 0.491 e. The number of imidazole rings is 1. The third-order valence-corrected chi connectivity index (χ3v) is 4.21. The van der Waals surface area contributed by atoms with Gasteiger partial charge in [0, 0.05) is 13.6 Å². The van der Waals surface area contributed by atoms with Crippen LogP contribution in [0.15, 0.2) is 39.9 Å². The number of para-hydroxylation sites is 1. The molecule has 154 valence electrons. The van der Waals surface area contributed by atoms with Crippen molar-refractivity contribution in [1.82, 2.24) is 19.1 Å². The van der Waals surface area contributed by atoms with Crippen molar-refractivity contribution in [3.8, 4) is 5.75 Å². The summed E-state index contributed by atoms with van der Waals surface area (Å²) in [5.74, 6) is -0.240. The van der Waals surface area contributed by atoms with E-state index in [1.165, 1.54) is 16.2 Å². The van der Waals surface area contributed by atoms with Gasteiger partial charge in [-0.25, -0.2) is 4.79 Å². The molecule has 3 aromatic rings. The van der Waals surface area contributed by atoms with Crippen molar-refractivity contribution >= 4 is 23.1 Å². The summed E-state index contributed by atoms with van der Waals surface area (Å²) in [5.41, 5.74) is -1.08. The van der Waals surface area contributed by atoms with Crippen LogP contribution in [0, 0.1) is 0 Å². The number of anilines is 1. The van der Waals surface area contributed by atoms with Gasteiger partial charge < -0.3 is 24.8 Å². The SMILES string of the molecule is Cn1c(=O)[nH]c(=O)c2c1nc(NCCC(=O)O)n2C[C@H](O)COc1ccccc1. The Morgan fingerprint density at radius 3 is 2.72 bits per heavy atom. The summed E-state index contributed by atoms with van der Waals surface area (Å²) in [4.78, 5) is 41.4. The van der Waals surface area contributed by atoms with Gasteiger partial charge in [-0.1, -0.05) is 18.2 Å². The van der Waals surface area contributed by atoms with Gasteiger partial charge in [-0.2, -0.15) is 4.98 Å². The van der Waals surface area contributed by atoms with Crippen LogP contribution in [0.4, 0.5) is 5.95 Å². The molecule has 0 radical (unpaired) electrons. The predicted molar refractivity (Wildman–Crippen MR) is 104 cm³/mol. The molecule has 4 N–H and O–H groups in total. The highest BCUT2D eigenvalue weighted by Gasteiger charge is 2.20. The number of aromatic nitrogens is 4. The molecule has 2 aromatic heterocycles. The van der Waals surface area contributed by atoms with E-state index in [2.05, 4.69) is 15.3 Å². The number of aryl methyl sites for hydroxylation is 1. The van der Waals surface area contributed by atoms with E-state index >= 15 is 0 Å². The number of aliphatic hydroxyl groups is 1. The van der Waals surface area contributed by atoms with Crippen LogP contribution in [0.3, 0.4) is 0 Å². The number of rotatable bonds is 9. The lowest BCUT2D eigenvalue weighted by Gasteiger charge is -2.15. The molecule has 0 fully saturated rings. The molecule has 29 heavy (non-hydrogen) atoms. The van der Waals surface area contributed by atoms with Crippen LogP contribution in [0.2, 0.25) is 0 Å². The molecule has 0 aliphatic rings. The molecule has 0 aliphatic carbocycles. The van der Waals surface area contributed by atoms with Gasteiger partial charge >= 0.3 is 11.7 Å². The van der Waals surface area contributed by atoms with Gasteiger partial charge in [0.25, 0.3) is 5.56 Å². The number of aliphatic carboxylic acids is 1. The monoisotopic (exact) mass is 403 g/mol. The highest BCUT2D eigenvalue weighted by molar-refractivity contribution is 5.74. The number of benzene rings is 1. The Bertz CT molecular complexity index is 1120. The Hall–Kier alpha value is -3.60. The van der Waals surface area contributed by atoms with E-state index < -0.39 is 23.3 Å². The Morgan fingerprint density at radius 2 is 2.03 bits per heavy atom. The maximum atomic E-state index is 12.4. The predicted octanol–water partition coefficient (Wildman–Crippen LogP) is -0.250. The van der Waals surface area contributed by atoms with Gasteiger partial charge in [0.15, 0.2) is 11.2 Å². The minimum Gasteiger partial charge on any atom is -0.491 e. The maximum absolute atomic E-state index is 12.4. The lowest BCUT2D eigenvalue weighted by Crippen LogP contribution is -2.31. The molecule has 0 unspecified atom stereocenters. The number of H-pyrrole nitrogens is 1. The van der Waals surface area contributed by atoms with Crippen LogP contribution < -0.4 is 21.3 Å². The molecule has 2 heterocycles. The van der Waals surface area contributed by atoms with Gasteiger partial charge in [0.2, 0.25) is 5.95 Å². The van der Waals surface area contributed by atoms with Crippen molar-refractivity contribution in [2.75, 3.05) is 18.5 Å². The molecule has 1 aromatic carbocycles. The van der Waals surface area contributed by atoms with E-state index in [1.807, 2.05) is 6.07 Å². The highest BCUT2D eigenvalue weighted by Crippen LogP contribution is 2.17. The fraction of sp³-hybridized carbons (Fsp3) is 0.333. The first kappa shape index (κ1) is 20.1. The van der Waals surface area contributed by atoms with Crippen LogP contribution >= 0.6 is 0 Å². The van der Waals surface area contributed by atoms with Gasteiger partial charge in [0.1, 0.15) is 18.5 Å². The number of carboxylic acid groups (broad SMARTS) is 1. The highest BCUT2D eigenvalue weighted by atomic mass is 16.5. The van der Waals surface area contributed by atoms with Crippen molar-refractivity contribution in [3.05, 3.63) is 51.2 Å². The second-order valence-electron chi connectivity index (χ2n) is 6.38. The summed E-state index contributed by atoms with van der Waals surface area (Å²) in [6.07, 6.45) is -1.16. The Morgan fingerprint density at radius 1 is 1.31 bits per heavy atom. The maximum Gasteiger partial charge on any atom is 0.329 e. The first-order valence-electron chi connectivity index (χ1n) is 8.88. The zero-order valence-electron chi connectivity index (χ0n) is 15.7. The van der Waals surface area contributed by atoms with Crippen LogP contribution in [-0.4, -0.2) is 54.5 Å². The van der Waals surface area contributed by atoms with Gasteiger partial charge in [-0.05, 0) is 12.1 Å². The number of aliphatic hydroxyl groups excluding tert-OH is 1. The van der Waals surface area contributed by atoms with Gasteiger partial charge in [0.05, 0.1) is 13.0 Å². The number of hydrogen-bond donors (Lipinski definition) is 4. The Balaban J connectivity index is 1.88. The third kappa shape index (κ3) is 4.63. The average Bonchev–Trinajstić information content (AvgIpc) is 3.04. The number of nitrogens with zero attached hydrogens (tertiary/aromatic N) is 3. The number of aromatic amines is 1. The van der Waals surface area contributed by atoms with E-state index in [9.17, 15) is 19.5 Å². The molecule has 0 bridgehead atoms. The molecule has 0 saturated carbocycles. The standard InChI is InChI=1S/C18H21N5O6/c1-22-15-14(16(27)21-18(22)28)23(17(20-15)19-8-7-13(25)26)9-11(24)10-29-12-5-3-2-4-6-12/h2-6,11,24H,7-10H2,1H3,(H,19,20)(H,25,26)(H,21,27,28)/t11-/m0/s1. The minimum atomic E-state index is -0.998. The topological polar surface area (TPSA) is 151 Å². The van der Waals surface area contributed by atoms with E-state index in [-0.39, 0.29) is 43.2 Å². The van der Waals surface area contributed by atoms with E-state index in [4.69, 9.17) is 9.84 Å². The van der Waals surface area contributed by atoms with Crippen molar-refractivity contribution < 1.29 is 19.7 Å². The van der Waals surface area contributed by atoms with E-state index in [1.54, 1.807) is 24.3 Å². The number of ether oxygens (including phenoxy) is 1. The van der Waals surface area contributed by atoms with Crippen molar-refractivity contribution in [2.24, 2.45) is 7.05 Å². The quantitative estimate of drug-likeness (QED) is 0.382. The van der Waals surface area contributed by atoms with Gasteiger partial charge in [-0.3, -0.25) is 19.1 Å². The average molecular weight is 403 g/mol. The first-order valence-corrected chi connectivity index (χ1v) is 8.88. The molecular weight excluding hydrogens is 382 g/mol. The molecule has 0 amide bonds. The molecule has 0 saturated heterocycles. The van der Waals surface area contributed by atoms with Crippen LogP contribution in [-0.2, 0) is 18.4 Å². The van der Waals surface area contributed by atoms with E-state index in [0.717, 1.165) is 0 Å². The molecule has 1 atom stereocenters. The zero-order chi connectivity index (χ0) is 21.0. The zero-order valence-corrected chi connectivity index (χ0v) is 15.7. The first-order chi connectivity index (χ1) is 13.9. The Kier molecular flexibility index (Phi) is 5.98. The number of nitrogens with one attached hydrogen (secondary N) is 2. The number of carboxylic acids is 1. The number of carbonyl (C=O) groups is 1. The molecular formula is C18H21N5O6. The second kappa shape index (κ2) is 8.61. The lowest BCUT2D eigenvalue weighted by molar-refractivity contribution is -0.136. The summed E-state index contributed by atoms with van der Waals surface area (Å²) >= 11 is 0. The summed E-state index contributed by atoms with van der Waals surface area (Å²) in [5, 5.41) is 22.1. The smallest absolute Gasteiger partial charge is 0.329 e. The Labute approximate surface area is 164 Å². The molecule has 11 heteroatoms. The lowest BCUT2D eigenvalue weighted by atomic mass is 10.3. The molecule has 0 aliphatic heterocycles. The van der Waals surface area contributed by atoms with Crippen LogP contribution in [0.5, 0.6) is 5.75 Å².